The Morgan fingerprint density at radius 3 is 3.07 bits per heavy atom. The van der Waals surface area contributed by atoms with Crippen molar-refractivity contribution in [3.63, 3.8) is 0 Å². The predicted molar refractivity (Wildman–Crippen MR) is 109 cm³/mol. The molecule has 2 atom stereocenters. The van der Waals surface area contributed by atoms with Crippen LogP contribution in [0.3, 0.4) is 0 Å². The fourth-order valence-corrected chi connectivity index (χ4v) is 3.42. The lowest BCUT2D eigenvalue weighted by molar-refractivity contribution is -0.121. The van der Waals surface area contributed by atoms with E-state index in [1.165, 1.54) is 6.20 Å². The van der Waals surface area contributed by atoms with Gasteiger partial charge in [0, 0.05) is 35.9 Å². The van der Waals surface area contributed by atoms with Crippen molar-refractivity contribution in [2.45, 2.75) is 25.4 Å². The standard InChI is InChI=1S/C19H19ClFN7O/c1-10(16(22)29)28-4-2-3-12(9-28)26-19-15(21)8-25-18(27-19)14-7-24-17-13(14)5-11(20)6-23-17/h2,4-8,10,12H,3,9H2,1H3,(H2,22,29)(H,23,24)(H,25,26,27). The molecule has 1 aliphatic rings. The molecule has 150 valence electrons. The Balaban J connectivity index is 1.60. The van der Waals surface area contributed by atoms with Crippen LogP contribution in [0.4, 0.5) is 10.2 Å². The molecule has 8 nitrogen and oxygen atoms in total. The van der Waals surface area contributed by atoms with E-state index in [1.54, 1.807) is 19.2 Å². The summed E-state index contributed by atoms with van der Waals surface area (Å²) < 4.78 is 14.4. The number of aromatic nitrogens is 4. The number of primary amides is 1. The van der Waals surface area contributed by atoms with Gasteiger partial charge in [-0.05, 0) is 25.6 Å². The minimum Gasteiger partial charge on any atom is -0.368 e. The third-order valence-corrected chi connectivity index (χ3v) is 5.09. The van der Waals surface area contributed by atoms with Gasteiger partial charge in [-0.2, -0.15) is 0 Å². The topological polar surface area (TPSA) is 113 Å². The van der Waals surface area contributed by atoms with Gasteiger partial charge in [0.1, 0.15) is 11.7 Å². The van der Waals surface area contributed by atoms with Crippen molar-refractivity contribution in [1.82, 2.24) is 24.8 Å². The summed E-state index contributed by atoms with van der Waals surface area (Å²) in [5.74, 6) is -0.546. The molecule has 1 amide bonds. The van der Waals surface area contributed by atoms with Crippen molar-refractivity contribution in [2.24, 2.45) is 5.73 Å². The molecular weight excluding hydrogens is 397 g/mol. The monoisotopic (exact) mass is 415 g/mol. The number of anilines is 1. The Bertz CT molecular complexity index is 1100. The van der Waals surface area contributed by atoms with Crippen LogP contribution in [0.2, 0.25) is 5.02 Å². The number of halogens is 2. The Morgan fingerprint density at radius 2 is 2.28 bits per heavy atom. The number of nitrogens with two attached hydrogens (primary N) is 1. The second-order valence-corrected chi connectivity index (χ2v) is 7.32. The number of aromatic amines is 1. The van der Waals surface area contributed by atoms with Gasteiger partial charge in [-0.1, -0.05) is 17.7 Å². The van der Waals surface area contributed by atoms with Gasteiger partial charge in [0.25, 0.3) is 0 Å². The lowest BCUT2D eigenvalue weighted by atomic mass is 10.1. The lowest BCUT2D eigenvalue weighted by Crippen LogP contribution is -2.46. The smallest absolute Gasteiger partial charge is 0.239 e. The van der Waals surface area contributed by atoms with Crippen molar-refractivity contribution in [3.05, 3.63) is 47.8 Å². The van der Waals surface area contributed by atoms with E-state index in [-0.39, 0.29) is 11.9 Å². The van der Waals surface area contributed by atoms with Crippen molar-refractivity contribution >= 4 is 34.4 Å². The summed E-state index contributed by atoms with van der Waals surface area (Å²) >= 11 is 6.05. The molecular formula is C19H19ClFN7O. The highest BCUT2D eigenvalue weighted by molar-refractivity contribution is 6.31. The minimum atomic E-state index is -0.561. The number of carbonyl (C=O) groups excluding carboxylic acids is 1. The van der Waals surface area contributed by atoms with E-state index < -0.39 is 17.8 Å². The fraction of sp³-hybridized carbons (Fsp3) is 0.263. The number of nitrogens with zero attached hydrogens (tertiary/aromatic N) is 4. The molecule has 0 bridgehead atoms. The number of nitrogens with one attached hydrogen (secondary N) is 2. The Hall–Kier alpha value is -3.20. The summed E-state index contributed by atoms with van der Waals surface area (Å²) in [5.41, 5.74) is 6.70. The zero-order chi connectivity index (χ0) is 20.5. The number of hydrogen-bond acceptors (Lipinski definition) is 6. The van der Waals surface area contributed by atoms with Gasteiger partial charge >= 0.3 is 0 Å². The van der Waals surface area contributed by atoms with Gasteiger partial charge in [0.05, 0.1) is 11.2 Å². The van der Waals surface area contributed by atoms with Gasteiger partial charge in [-0.15, -0.1) is 0 Å². The third kappa shape index (κ3) is 3.86. The maximum absolute atomic E-state index is 14.4. The molecule has 4 heterocycles. The van der Waals surface area contributed by atoms with E-state index in [0.29, 0.717) is 35.0 Å². The van der Waals surface area contributed by atoms with E-state index >= 15 is 0 Å². The van der Waals surface area contributed by atoms with Crippen molar-refractivity contribution in [3.8, 4) is 11.4 Å². The second-order valence-electron chi connectivity index (χ2n) is 6.88. The molecule has 0 saturated carbocycles. The van der Waals surface area contributed by atoms with Gasteiger partial charge in [0.15, 0.2) is 17.5 Å². The quantitative estimate of drug-likeness (QED) is 0.590. The van der Waals surface area contributed by atoms with Gasteiger partial charge in [0.2, 0.25) is 5.91 Å². The van der Waals surface area contributed by atoms with Crippen LogP contribution in [0, 0.1) is 5.82 Å². The molecule has 3 aromatic rings. The molecule has 4 rings (SSSR count). The number of hydrogen-bond donors (Lipinski definition) is 3. The number of rotatable bonds is 5. The first-order valence-corrected chi connectivity index (χ1v) is 9.44. The first-order valence-electron chi connectivity index (χ1n) is 9.06. The largest absolute Gasteiger partial charge is 0.368 e. The normalized spacial score (nSPS) is 17.5. The van der Waals surface area contributed by atoms with Gasteiger partial charge in [-0.25, -0.2) is 19.3 Å². The molecule has 0 spiro atoms. The average Bonchev–Trinajstić information content (AvgIpc) is 3.12. The Labute approximate surface area is 171 Å². The summed E-state index contributed by atoms with van der Waals surface area (Å²) in [6, 6.07) is 1.16. The molecule has 10 heteroatoms. The van der Waals surface area contributed by atoms with E-state index in [1.807, 2.05) is 17.2 Å². The number of H-pyrrole nitrogens is 1. The van der Waals surface area contributed by atoms with Crippen LogP contribution < -0.4 is 11.1 Å². The highest BCUT2D eigenvalue weighted by atomic mass is 35.5. The van der Waals surface area contributed by atoms with Crippen LogP contribution in [-0.2, 0) is 4.79 Å². The summed E-state index contributed by atoms with van der Waals surface area (Å²) in [7, 11) is 0. The van der Waals surface area contributed by atoms with Crippen molar-refractivity contribution in [1.29, 1.82) is 0 Å². The number of amides is 1. The summed E-state index contributed by atoms with van der Waals surface area (Å²) in [6.07, 6.45) is 8.78. The van der Waals surface area contributed by atoms with Crippen LogP contribution in [0.25, 0.3) is 22.4 Å². The maximum Gasteiger partial charge on any atom is 0.239 e. The minimum absolute atomic E-state index is 0.0892. The summed E-state index contributed by atoms with van der Waals surface area (Å²) in [4.78, 5) is 29.0. The zero-order valence-electron chi connectivity index (χ0n) is 15.6. The molecule has 0 radical (unpaired) electrons. The summed E-state index contributed by atoms with van der Waals surface area (Å²) in [6.45, 7) is 2.22. The van der Waals surface area contributed by atoms with Gasteiger partial charge < -0.3 is 20.9 Å². The highest BCUT2D eigenvalue weighted by Gasteiger charge is 2.23. The first-order chi connectivity index (χ1) is 13.9. The van der Waals surface area contributed by atoms with Crippen molar-refractivity contribution in [2.75, 3.05) is 11.9 Å². The second kappa shape index (κ2) is 7.67. The highest BCUT2D eigenvalue weighted by Crippen LogP contribution is 2.28. The molecule has 0 saturated heterocycles. The first kappa shape index (κ1) is 19.1. The SMILES string of the molecule is CC(C(N)=O)N1C=CCC(Nc2nc(-c3c[nH]c4ncc(Cl)cc34)ncc2F)C1. The number of fused-ring (bicyclic) bond motifs is 1. The number of carbonyl (C=O) groups is 1. The fourth-order valence-electron chi connectivity index (χ4n) is 3.26. The van der Waals surface area contributed by atoms with Crippen LogP contribution >= 0.6 is 11.6 Å². The van der Waals surface area contributed by atoms with Gasteiger partial charge in [-0.3, -0.25) is 4.79 Å². The molecule has 1 aliphatic heterocycles. The van der Waals surface area contributed by atoms with Crippen molar-refractivity contribution < 1.29 is 9.18 Å². The molecule has 3 aromatic heterocycles. The Morgan fingerprint density at radius 1 is 1.45 bits per heavy atom. The lowest BCUT2D eigenvalue weighted by Gasteiger charge is -2.33. The molecule has 0 aliphatic carbocycles. The van der Waals surface area contributed by atoms with Crippen LogP contribution in [0.1, 0.15) is 13.3 Å². The van der Waals surface area contributed by atoms with Crippen LogP contribution in [0.15, 0.2) is 36.9 Å². The van der Waals surface area contributed by atoms with E-state index in [0.717, 1.165) is 11.6 Å². The predicted octanol–water partition coefficient (Wildman–Crippen LogP) is 2.69. The summed E-state index contributed by atoms with van der Waals surface area (Å²) in [5, 5.41) is 4.34. The molecule has 4 N–H and O–H groups in total. The molecule has 0 fully saturated rings. The Kier molecular flexibility index (Phi) is 5.06. The number of pyridine rings is 1. The molecule has 0 aromatic carbocycles. The molecule has 29 heavy (non-hydrogen) atoms. The van der Waals surface area contributed by atoms with Crippen LogP contribution in [0.5, 0.6) is 0 Å². The van der Waals surface area contributed by atoms with E-state index in [4.69, 9.17) is 17.3 Å². The van der Waals surface area contributed by atoms with Crippen LogP contribution in [-0.4, -0.2) is 49.4 Å². The zero-order valence-corrected chi connectivity index (χ0v) is 16.3. The van der Waals surface area contributed by atoms with E-state index in [9.17, 15) is 9.18 Å². The van der Waals surface area contributed by atoms with E-state index in [2.05, 4.69) is 25.3 Å². The third-order valence-electron chi connectivity index (χ3n) is 4.88. The maximum atomic E-state index is 14.4. The average molecular weight is 416 g/mol. The molecule has 2 unspecified atom stereocenters.